The van der Waals surface area contributed by atoms with Crippen LogP contribution in [0, 0.1) is 5.92 Å². The van der Waals surface area contributed by atoms with E-state index in [1.807, 2.05) is 0 Å². The SMILES string of the molecule is NCCN1CCC(CN2CCc3ccccc32)CC1. The predicted molar refractivity (Wildman–Crippen MR) is 80.6 cm³/mol. The zero-order valence-corrected chi connectivity index (χ0v) is 11.7. The largest absolute Gasteiger partial charge is 0.371 e. The Bertz CT molecular complexity index is 410. The van der Waals surface area contributed by atoms with Crippen molar-refractivity contribution in [2.45, 2.75) is 19.3 Å². The van der Waals surface area contributed by atoms with Crippen LogP contribution in [0.25, 0.3) is 0 Å². The van der Waals surface area contributed by atoms with Crippen molar-refractivity contribution in [1.82, 2.24) is 4.90 Å². The van der Waals surface area contributed by atoms with E-state index in [4.69, 9.17) is 5.73 Å². The number of fused-ring (bicyclic) bond motifs is 1. The van der Waals surface area contributed by atoms with Gasteiger partial charge in [0.15, 0.2) is 0 Å². The van der Waals surface area contributed by atoms with Crippen LogP contribution in [0.2, 0.25) is 0 Å². The second-order valence-corrected chi connectivity index (χ2v) is 5.90. The van der Waals surface area contributed by atoms with Crippen molar-refractivity contribution in [3.8, 4) is 0 Å². The van der Waals surface area contributed by atoms with Crippen LogP contribution in [0.3, 0.4) is 0 Å². The van der Waals surface area contributed by atoms with Gasteiger partial charge >= 0.3 is 0 Å². The first kappa shape index (κ1) is 12.9. The van der Waals surface area contributed by atoms with E-state index in [1.54, 1.807) is 0 Å². The molecule has 0 bridgehead atoms. The van der Waals surface area contributed by atoms with Gasteiger partial charge in [-0.25, -0.2) is 0 Å². The number of rotatable bonds is 4. The van der Waals surface area contributed by atoms with Gasteiger partial charge in [0.1, 0.15) is 0 Å². The van der Waals surface area contributed by atoms with Gasteiger partial charge in [0, 0.05) is 31.9 Å². The van der Waals surface area contributed by atoms with Crippen LogP contribution in [-0.4, -0.2) is 44.2 Å². The van der Waals surface area contributed by atoms with Gasteiger partial charge < -0.3 is 15.5 Å². The van der Waals surface area contributed by atoms with Crippen molar-refractivity contribution in [3.05, 3.63) is 29.8 Å². The summed E-state index contributed by atoms with van der Waals surface area (Å²) in [6.07, 6.45) is 3.89. The van der Waals surface area contributed by atoms with Crippen molar-refractivity contribution in [2.24, 2.45) is 11.7 Å². The van der Waals surface area contributed by atoms with Gasteiger partial charge in [0.05, 0.1) is 0 Å². The van der Waals surface area contributed by atoms with E-state index in [0.29, 0.717) is 0 Å². The standard InChI is InChI=1S/C16H25N3/c17-8-12-18-9-5-14(6-10-18)13-19-11-7-15-3-1-2-4-16(15)19/h1-4,14H,5-13,17H2. The summed E-state index contributed by atoms with van der Waals surface area (Å²) in [4.78, 5) is 5.10. The lowest BCUT2D eigenvalue weighted by Gasteiger charge is -2.34. The molecule has 3 nitrogen and oxygen atoms in total. The fourth-order valence-corrected chi connectivity index (χ4v) is 3.48. The highest BCUT2D eigenvalue weighted by atomic mass is 15.2. The molecular formula is C16H25N3. The van der Waals surface area contributed by atoms with Gasteiger partial charge in [-0.3, -0.25) is 0 Å². The molecule has 2 heterocycles. The number of hydrogen-bond donors (Lipinski definition) is 1. The number of piperidine rings is 1. The van der Waals surface area contributed by atoms with Gasteiger partial charge in [-0.05, 0) is 49.9 Å². The molecule has 1 fully saturated rings. The quantitative estimate of drug-likeness (QED) is 0.893. The van der Waals surface area contributed by atoms with Gasteiger partial charge in [-0.1, -0.05) is 18.2 Å². The Morgan fingerprint density at radius 1 is 1.11 bits per heavy atom. The number of likely N-dealkylation sites (tertiary alicyclic amines) is 1. The number of nitrogens with zero attached hydrogens (tertiary/aromatic N) is 2. The highest BCUT2D eigenvalue weighted by molar-refractivity contribution is 5.57. The first-order valence-corrected chi connectivity index (χ1v) is 7.62. The molecule has 19 heavy (non-hydrogen) atoms. The number of nitrogens with two attached hydrogens (primary N) is 1. The molecule has 0 amide bonds. The maximum atomic E-state index is 5.63. The molecular weight excluding hydrogens is 234 g/mol. The summed E-state index contributed by atoms with van der Waals surface area (Å²) in [7, 11) is 0. The second-order valence-electron chi connectivity index (χ2n) is 5.90. The van der Waals surface area contributed by atoms with E-state index < -0.39 is 0 Å². The first-order valence-electron chi connectivity index (χ1n) is 7.62. The van der Waals surface area contributed by atoms with Crippen molar-refractivity contribution in [1.29, 1.82) is 0 Å². The van der Waals surface area contributed by atoms with Crippen LogP contribution in [0.4, 0.5) is 5.69 Å². The third-order valence-corrected chi connectivity index (χ3v) is 4.61. The molecule has 2 aliphatic heterocycles. The Balaban J connectivity index is 1.54. The van der Waals surface area contributed by atoms with Crippen LogP contribution >= 0.6 is 0 Å². The van der Waals surface area contributed by atoms with E-state index in [1.165, 1.54) is 56.7 Å². The van der Waals surface area contributed by atoms with E-state index in [2.05, 4.69) is 34.1 Å². The zero-order chi connectivity index (χ0) is 13.1. The molecule has 0 saturated carbocycles. The Morgan fingerprint density at radius 2 is 1.89 bits per heavy atom. The molecule has 3 rings (SSSR count). The third-order valence-electron chi connectivity index (χ3n) is 4.61. The second kappa shape index (κ2) is 5.93. The first-order chi connectivity index (χ1) is 9.36. The molecule has 0 unspecified atom stereocenters. The summed E-state index contributed by atoms with van der Waals surface area (Å²) in [6, 6.07) is 8.89. The van der Waals surface area contributed by atoms with Crippen molar-refractivity contribution < 1.29 is 0 Å². The Morgan fingerprint density at radius 3 is 2.68 bits per heavy atom. The van der Waals surface area contributed by atoms with E-state index in [9.17, 15) is 0 Å². The molecule has 0 aromatic heterocycles. The summed E-state index contributed by atoms with van der Waals surface area (Å²) in [5.74, 6) is 0.861. The average molecular weight is 259 g/mol. The monoisotopic (exact) mass is 259 g/mol. The van der Waals surface area contributed by atoms with Crippen LogP contribution in [0.1, 0.15) is 18.4 Å². The molecule has 104 valence electrons. The van der Waals surface area contributed by atoms with Crippen LogP contribution in [0.15, 0.2) is 24.3 Å². The minimum atomic E-state index is 0.796. The highest BCUT2D eigenvalue weighted by Crippen LogP contribution is 2.29. The molecule has 2 aliphatic rings. The maximum absolute atomic E-state index is 5.63. The Kier molecular flexibility index (Phi) is 4.04. The van der Waals surface area contributed by atoms with Crippen LogP contribution in [0.5, 0.6) is 0 Å². The smallest absolute Gasteiger partial charge is 0.0399 e. The Labute approximate surface area is 116 Å². The van der Waals surface area contributed by atoms with E-state index >= 15 is 0 Å². The fraction of sp³-hybridized carbons (Fsp3) is 0.625. The molecule has 3 heteroatoms. The molecule has 0 radical (unpaired) electrons. The molecule has 2 N–H and O–H groups in total. The lowest BCUT2D eigenvalue weighted by Crippen LogP contribution is -2.40. The lowest BCUT2D eigenvalue weighted by molar-refractivity contribution is 0.191. The molecule has 1 aromatic carbocycles. The van der Waals surface area contributed by atoms with Crippen LogP contribution < -0.4 is 10.6 Å². The number of para-hydroxylation sites is 1. The molecule has 1 saturated heterocycles. The molecule has 0 atom stereocenters. The third kappa shape index (κ3) is 2.93. The number of benzene rings is 1. The van der Waals surface area contributed by atoms with Gasteiger partial charge in [0.25, 0.3) is 0 Å². The average Bonchev–Trinajstić information content (AvgIpc) is 2.85. The summed E-state index contributed by atoms with van der Waals surface area (Å²) >= 11 is 0. The summed E-state index contributed by atoms with van der Waals surface area (Å²) < 4.78 is 0. The van der Waals surface area contributed by atoms with Crippen LogP contribution in [-0.2, 0) is 6.42 Å². The van der Waals surface area contributed by atoms with E-state index in [-0.39, 0.29) is 0 Å². The summed E-state index contributed by atoms with van der Waals surface area (Å²) in [5, 5.41) is 0. The van der Waals surface area contributed by atoms with E-state index in [0.717, 1.165) is 19.0 Å². The molecule has 1 aromatic rings. The normalized spacial score (nSPS) is 20.8. The van der Waals surface area contributed by atoms with Crippen molar-refractivity contribution >= 4 is 5.69 Å². The zero-order valence-electron chi connectivity index (χ0n) is 11.7. The fourth-order valence-electron chi connectivity index (χ4n) is 3.48. The molecule has 0 aliphatic carbocycles. The highest BCUT2D eigenvalue weighted by Gasteiger charge is 2.24. The van der Waals surface area contributed by atoms with Crippen molar-refractivity contribution in [2.75, 3.05) is 44.2 Å². The number of anilines is 1. The maximum Gasteiger partial charge on any atom is 0.0399 e. The summed E-state index contributed by atoms with van der Waals surface area (Å²) in [6.45, 7) is 6.79. The number of hydrogen-bond acceptors (Lipinski definition) is 3. The Hall–Kier alpha value is -1.06. The van der Waals surface area contributed by atoms with Gasteiger partial charge in [-0.15, -0.1) is 0 Å². The van der Waals surface area contributed by atoms with Gasteiger partial charge in [-0.2, -0.15) is 0 Å². The lowest BCUT2D eigenvalue weighted by atomic mass is 9.96. The topological polar surface area (TPSA) is 32.5 Å². The molecule has 0 spiro atoms. The minimum Gasteiger partial charge on any atom is -0.371 e. The van der Waals surface area contributed by atoms with Crippen molar-refractivity contribution in [3.63, 3.8) is 0 Å². The predicted octanol–water partition coefficient (Wildman–Crippen LogP) is 1.72. The van der Waals surface area contributed by atoms with Gasteiger partial charge in [0.2, 0.25) is 0 Å². The summed E-state index contributed by atoms with van der Waals surface area (Å²) in [5.41, 5.74) is 8.64. The minimum absolute atomic E-state index is 0.796.